The van der Waals surface area contributed by atoms with Crippen molar-refractivity contribution in [2.75, 3.05) is 17.2 Å². The van der Waals surface area contributed by atoms with Crippen LogP contribution in [0.3, 0.4) is 0 Å². The van der Waals surface area contributed by atoms with Crippen LogP contribution in [0, 0.1) is 5.82 Å². The normalized spacial score (nSPS) is 15.3. The highest BCUT2D eigenvalue weighted by atomic mass is 79.9. The second kappa shape index (κ2) is 9.08. The molecule has 0 aliphatic heterocycles. The number of nitrogens with zero attached hydrogens (tertiary/aromatic N) is 3. The molecule has 0 radical (unpaired) electrons. The third-order valence-corrected chi connectivity index (χ3v) is 5.12. The predicted molar refractivity (Wildman–Crippen MR) is 115 cm³/mol. The Balaban J connectivity index is 1.57. The third-order valence-electron chi connectivity index (χ3n) is 4.51. The number of amidine groups is 1. The van der Waals surface area contributed by atoms with Crippen molar-refractivity contribution in [3.8, 4) is 0 Å². The standard InChI is InChI=1S/C19H24BrFN6O4/c1-18(2,3)30-17(28)24-19(6-7-19)8-9-22-15-14(26-31-27-15)16(25-29)23-11-4-5-13(21)12(20)10-11/h4-5,10,29H,6-9H2,1-3H3,(H,22,27)(H,23,25)(H,24,28). The highest BCUT2D eigenvalue weighted by molar-refractivity contribution is 9.10. The van der Waals surface area contributed by atoms with E-state index in [-0.39, 0.29) is 27.4 Å². The maximum Gasteiger partial charge on any atom is 0.408 e. The van der Waals surface area contributed by atoms with Crippen LogP contribution in [-0.2, 0) is 4.74 Å². The first-order chi connectivity index (χ1) is 14.6. The van der Waals surface area contributed by atoms with Gasteiger partial charge in [-0.2, -0.15) is 0 Å². The van der Waals surface area contributed by atoms with E-state index < -0.39 is 17.5 Å². The van der Waals surface area contributed by atoms with Crippen molar-refractivity contribution in [2.24, 2.45) is 5.16 Å². The van der Waals surface area contributed by atoms with Gasteiger partial charge < -0.3 is 25.9 Å². The zero-order valence-electron chi connectivity index (χ0n) is 17.3. The highest BCUT2D eigenvalue weighted by Crippen LogP contribution is 2.39. The van der Waals surface area contributed by atoms with Crippen LogP contribution < -0.4 is 16.0 Å². The number of anilines is 2. The number of rotatable bonds is 7. The van der Waals surface area contributed by atoms with Gasteiger partial charge in [0.05, 0.1) is 4.47 Å². The van der Waals surface area contributed by atoms with E-state index in [0.29, 0.717) is 18.7 Å². The maximum atomic E-state index is 13.4. The lowest BCUT2D eigenvalue weighted by atomic mass is 10.2. The van der Waals surface area contributed by atoms with Gasteiger partial charge in [-0.1, -0.05) is 5.16 Å². The van der Waals surface area contributed by atoms with Crippen LogP contribution in [0.15, 0.2) is 32.5 Å². The lowest BCUT2D eigenvalue weighted by Crippen LogP contribution is -2.41. The van der Waals surface area contributed by atoms with Crippen LogP contribution in [-0.4, -0.2) is 45.1 Å². The number of hydrogen-bond acceptors (Lipinski definition) is 8. The van der Waals surface area contributed by atoms with Gasteiger partial charge in [0.1, 0.15) is 11.4 Å². The second-order valence-corrected chi connectivity index (χ2v) is 9.10. The van der Waals surface area contributed by atoms with Crippen molar-refractivity contribution in [1.29, 1.82) is 0 Å². The van der Waals surface area contributed by atoms with Gasteiger partial charge in [-0.05, 0) is 84.5 Å². The molecule has 10 nitrogen and oxygen atoms in total. The molecule has 12 heteroatoms. The number of ether oxygens (including phenoxy) is 1. The molecule has 1 heterocycles. The molecule has 1 aromatic heterocycles. The topological polar surface area (TPSA) is 134 Å². The summed E-state index contributed by atoms with van der Waals surface area (Å²) in [5.41, 5.74) is -0.270. The monoisotopic (exact) mass is 498 g/mol. The Bertz CT molecular complexity index is 971. The lowest BCUT2D eigenvalue weighted by molar-refractivity contribution is 0.0494. The van der Waals surface area contributed by atoms with Gasteiger partial charge >= 0.3 is 6.09 Å². The molecule has 2 aromatic rings. The van der Waals surface area contributed by atoms with E-state index in [4.69, 9.17) is 9.37 Å². The molecule has 0 bridgehead atoms. The molecule has 1 aromatic carbocycles. The number of aromatic nitrogens is 2. The number of carbonyl (C=O) groups excluding carboxylic acids is 1. The van der Waals surface area contributed by atoms with E-state index in [1.54, 1.807) is 0 Å². The van der Waals surface area contributed by atoms with Crippen molar-refractivity contribution >= 4 is 39.4 Å². The number of benzene rings is 1. The summed E-state index contributed by atoms with van der Waals surface area (Å²) in [5.74, 6) is -0.197. The zero-order valence-corrected chi connectivity index (χ0v) is 18.9. The Kier molecular flexibility index (Phi) is 6.68. The van der Waals surface area contributed by atoms with Crippen LogP contribution in [0.5, 0.6) is 0 Å². The Morgan fingerprint density at radius 1 is 1.39 bits per heavy atom. The quantitative estimate of drug-likeness (QED) is 0.194. The average Bonchev–Trinajstić information content (AvgIpc) is 3.26. The van der Waals surface area contributed by atoms with Gasteiger partial charge in [-0.15, -0.1) is 0 Å². The minimum absolute atomic E-state index is 0.0322. The second-order valence-electron chi connectivity index (χ2n) is 8.25. The van der Waals surface area contributed by atoms with E-state index in [0.717, 1.165) is 12.8 Å². The van der Waals surface area contributed by atoms with Crippen molar-refractivity contribution in [3.05, 3.63) is 34.2 Å². The van der Waals surface area contributed by atoms with Crippen molar-refractivity contribution in [2.45, 2.75) is 51.2 Å². The molecule has 0 unspecified atom stereocenters. The minimum Gasteiger partial charge on any atom is -0.444 e. The Labute approximate surface area is 186 Å². The van der Waals surface area contributed by atoms with E-state index in [9.17, 15) is 14.4 Å². The van der Waals surface area contributed by atoms with Crippen LogP contribution in [0.25, 0.3) is 0 Å². The molecule has 1 saturated carbocycles. The molecule has 31 heavy (non-hydrogen) atoms. The molecule has 0 atom stereocenters. The Hall–Kier alpha value is -2.89. The maximum absolute atomic E-state index is 13.4. The van der Waals surface area contributed by atoms with Crippen molar-refractivity contribution in [3.63, 3.8) is 0 Å². The summed E-state index contributed by atoms with van der Waals surface area (Å²) in [5, 5.41) is 29.0. The summed E-state index contributed by atoms with van der Waals surface area (Å²) in [6.45, 7) is 5.89. The van der Waals surface area contributed by atoms with Crippen molar-refractivity contribution in [1.82, 2.24) is 15.6 Å². The highest BCUT2D eigenvalue weighted by Gasteiger charge is 2.44. The molecule has 0 spiro atoms. The summed E-state index contributed by atoms with van der Waals surface area (Å²) in [6, 6.07) is 4.22. The molecular formula is C19H24BrFN6O4. The van der Waals surface area contributed by atoms with Gasteiger partial charge in [-0.3, -0.25) is 0 Å². The molecule has 168 valence electrons. The molecule has 1 amide bonds. The molecule has 0 saturated heterocycles. The van der Waals surface area contributed by atoms with Crippen molar-refractivity contribution < 1.29 is 23.8 Å². The largest absolute Gasteiger partial charge is 0.444 e. The van der Waals surface area contributed by atoms with Gasteiger partial charge in [0.15, 0.2) is 5.69 Å². The number of halogens is 2. The summed E-state index contributed by atoms with van der Waals surface area (Å²) in [6.07, 6.45) is 1.88. The van der Waals surface area contributed by atoms with Gasteiger partial charge in [-0.25, -0.2) is 13.8 Å². The van der Waals surface area contributed by atoms with E-state index in [1.165, 1.54) is 18.2 Å². The number of alkyl carbamates (subject to hydrolysis) is 1. The van der Waals surface area contributed by atoms with Crippen LogP contribution in [0.2, 0.25) is 0 Å². The summed E-state index contributed by atoms with van der Waals surface area (Å²) in [7, 11) is 0. The number of carbonyl (C=O) groups is 1. The van der Waals surface area contributed by atoms with E-state index in [1.807, 2.05) is 20.8 Å². The van der Waals surface area contributed by atoms with Gasteiger partial charge in [0, 0.05) is 17.8 Å². The molecule has 1 aliphatic rings. The Morgan fingerprint density at radius 3 is 2.74 bits per heavy atom. The number of nitrogens with one attached hydrogen (secondary N) is 3. The molecule has 1 fully saturated rings. The summed E-state index contributed by atoms with van der Waals surface area (Å²) in [4.78, 5) is 12.0. The van der Waals surface area contributed by atoms with Gasteiger partial charge in [0.25, 0.3) is 0 Å². The summed E-state index contributed by atoms with van der Waals surface area (Å²) >= 11 is 3.10. The first-order valence-corrected chi connectivity index (χ1v) is 10.4. The summed E-state index contributed by atoms with van der Waals surface area (Å²) < 4.78 is 23.8. The average molecular weight is 499 g/mol. The lowest BCUT2D eigenvalue weighted by Gasteiger charge is -2.23. The zero-order chi connectivity index (χ0) is 22.6. The molecular weight excluding hydrogens is 475 g/mol. The smallest absolute Gasteiger partial charge is 0.408 e. The minimum atomic E-state index is -0.563. The van der Waals surface area contributed by atoms with Crippen LogP contribution >= 0.6 is 15.9 Å². The number of oxime groups is 1. The SMILES string of the molecule is CC(C)(C)OC(=O)NC1(CCNc2nonc2C(=NO)Nc2ccc(F)c(Br)c2)CC1. The Morgan fingerprint density at radius 2 is 2.13 bits per heavy atom. The van der Waals surface area contributed by atoms with E-state index in [2.05, 4.69) is 47.3 Å². The fraction of sp³-hybridized carbons (Fsp3) is 0.474. The predicted octanol–water partition coefficient (Wildman–Crippen LogP) is 4.08. The van der Waals surface area contributed by atoms with Gasteiger partial charge in [0.2, 0.25) is 11.7 Å². The van der Waals surface area contributed by atoms with E-state index >= 15 is 0 Å². The molecule has 4 N–H and O–H groups in total. The van der Waals surface area contributed by atoms with Crippen LogP contribution in [0.1, 0.15) is 45.7 Å². The molecule has 3 rings (SSSR count). The molecule has 1 aliphatic carbocycles. The third kappa shape index (κ3) is 6.29. The first kappa shape index (κ1) is 22.8. The fourth-order valence-electron chi connectivity index (χ4n) is 2.83. The fourth-order valence-corrected chi connectivity index (χ4v) is 3.21. The number of amides is 1. The van der Waals surface area contributed by atoms with Crippen LogP contribution in [0.4, 0.5) is 20.7 Å². The first-order valence-electron chi connectivity index (χ1n) is 9.63. The number of hydrogen-bond donors (Lipinski definition) is 4.